The highest BCUT2D eigenvalue weighted by Crippen LogP contribution is 2.04. The van der Waals surface area contributed by atoms with Crippen molar-refractivity contribution < 1.29 is 0 Å². The molecule has 0 aliphatic carbocycles. The molecule has 0 aromatic carbocycles. The lowest BCUT2D eigenvalue weighted by Gasteiger charge is -2.35. The molecule has 1 heterocycles. The Morgan fingerprint density at radius 1 is 1.07 bits per heavy atom. The fourth-order valence-electron chi connectivity index (χ4n) is 1.98. The molecule has 1 fully saturated rings. The fraction of sp³-hybridized carbons (Fsp3) is 1.00. The number of likely N-dealkylation sites (N-methyl/N-ethyl adjacent to an activating group) is 1. The van der Waals surface area contributed by atoms with Crippen molar-refractivity contribution in [1.82, 2.24) is 15.1 Å². The molecule has 0 unspecified atom stereocenters. The summed E-state index contributed by atoms with van der Waals surface area (Å²) in [6, 6.07) is 0. The zero-order valence-corrected chi connectivity index (χ0v) is 9.92. The van der Waals surface area contributed by atoms with E-state index in [1.807, 2.05) is 7.05 Å². The highest BCUT2D eigenvalue weighted by molar-refractivity contribution is 4.72. The maximum atomic E-state index is 3.20. The zero-order valence-electron chi connectivity index (χ0n) is 9.92. The van der Waals surface area contributed by atoms with E-state index in [1.54, 1.807) is 0 Å². The summed E-state index contributed by atoms with van der Waals surface area (Å²) >= 11 is 0. The van der Waals surface area contributed by atoms with Gasteiger partial charge in [0.2, 0.25) is 0 Å². The Balaban J connectivity index is 2.11. The third-order valence-corrected chi connectivity index (χ3v) is 2.77. The Hall–Kier alpha value is -0.120. The SMILES string of the molecule is CNCCN1CCN(CC(C)C)CC1. The molecule has 0 bridgehead atoms. The molecular formula is C11H25N3. The number of piperazine rings is 1. The molecule has 1 N–H and O–H groups in total. The molecule has 0 radical (unpaired) electrons. The minimum atomic E-state index is 0.804. The number of nitrogens with zero attached hydrogens (tertiary/aromatic N) is 2. The van der Waals surface area contributed by atoms with E-state index >= 15 is 0 Å². The Labute approximate surface area is 88.5 Å². The van der Waals surface area contributed by atoms with Gasteiger partial charge in [0.1, 0.15) is 0 Å². The van der Waals surface area contributed by atoms with Crippen molar-refractivity contribution >= 4 is 0 Å². The molecule has 0 spiro atoms. The van der Waals surface area contributed by atoms with Crippen LogP contribution in [0.5, 0.6) is 0 Å². The summed E-state index contributed by atoms with van der Waals surface area (Å²) in [7, 11) is 2.02. The normalized spacial score (nSPS) is 20.6. The van der Waals surface area contributed by atoms with E-state index in [0.717, 1.165) is 12.5 Å². The van der Waals surface area contributed by atoms with Gasteiger partial charge < -0.3 is 10.2 Å². The van der Waals surface area contributed by atoms with Gasteiger partial charge in [0.25, 0.3) is 0 Å². The largest absolute Gasteiger partial charge is 0.318 e. The smallest absolute Gasteiger partial charge is 0.0110 e. The van der Waals surface area contributed by atoms with Crippen LogP contribution >= 0.6 is 0 Å². The average Bonchev–Trinajstić information content (AvgIpc) is 2.16. The molecule has 0 aromatic rings. The van der Waals surface area contributed by atoms with Gasteiger partial charge in [0, 0.05) is 45.8 Å². The van der Waals surface area contributed by atoms with Crippen LogP contribution < -0.4 is 5.32 Å². The van der Waals surface area contributed by atoms with E-state index < -0.39 is 0 Å². The molecule has 84 valence electrons. The van der Waals surface area contributed by atoms with E-state index in [-0.39, 0.29) is 0 Å². The van der Waals surface area contributed by atoms with E-state index in [9.17, 15) is 0 Å². The van der Waals surface area contributed by atoms with E-state index in [2.05, 4.69) is 29.0 Å². The summed E-state index contributed by atoms with van der Waals surface area (Å²) in [5.74, 6) is 0.804. The molecule has 3 nitrogen and oxygen atoms in total. The van der Waals surface area contributed by atoms with Crippen LogP contribution in [-0.4, -0.2) is 62.7 Å². The molecule has 0 saturated carbocycles. The van der Waals surface area contributed by atoms with Gasteiger partial charge in [-0.1, -0.05) is 13.8 Å². The minimum absolute atomic E-state index is 0.804. The number of nitrogens with one attached hydrogen (secondary N) is 1. The second-order valence-electron chi connectivity index (χ2n) is 4.64. The lowest BCUT2D eigenvalue weighted by Crippen LogP contribution is -2.48. The fourth-order valence-corrected chi connectivity index (χ4v) is 1.98. The van der Waals surface area contributed by atoms with Crippen LogP contribution in [0.3, 0.4) is 0 Å². The first-order valence-electron chi connectivity index (χ1n) is 5.81. The predicted octanol–water partition coefficient (Wildman–Crippen LogP) is 0.479. The lowest BCUT2D eigenvalue weighted by molar-refractivity contribution is 0.123. The van der Waals surface area contributed by atoms with Gasteiger partial charge in [-0.3, -0.25) is 4.90 Å². The Kier molecular flexibility index (Phi) is 5.45. The monoisotopic (exact) mass is 199 g/mol. The van der Waals surface area contributed by atoms with Crippen LogP contribution in [0.25, 0.3) is 0 Å². The van der Waals surface area contributed by atoms with Gasteiger partial charge in [-0.05, 0) is 13.0 Å². The summed E-state index contributed by atoms with van der Waals surface area (Å²) in [4.78, 5) is 5.13. The van der Waals surface area contributed by atoms with Crippen molar-refractivity contribution in [2.45, 2.75) is 13.8 Å². The molecule has 3 heteroatoms. The predicted molar refractivity (Wildman–Crippen MR) is 61.6 cm³/mol. The first-order valence-corrected chi connectivity index (χ1v) is 5.81. The molecule has 1 aliphatic heterocycles. The third kappa shape index (κ3) is 4.40. The summed E-state index contributed by atoms with van der Waals surface area (Å²) < 4.78 is 0. The summed E-state index contributed by atoms with van der Waals surface area (Å²) in [6.07, 6.45) is 0. The van der Waals surface area contributed by atoms with Crippen molar-refractivity contribution in [2.75, 3.05) is 52.9 Å². The second-order valence-corrected chi connectivity index (χ2v) is 4.64. The highest BCUT2D eigenvalue weighted by Gasteiger charge is 2.16. The van der Waals surface area contributed by atoms with E-state index in [0.29, 0.717) is 0 Å². The topological polar surface area (TPSA) is 18.5 Å². The number of rotatable bonds is 5. The second kappa shape index (κ2) is 6.38. The van der Waals surface area contributed by atoms with Gasteiger partial charge in [-0.2, -0.15) is 0 Å². The lowest BCUT2D eigenvalue weighted by atomic mass is 10.2. The molecule has 0 aromatic heterocycles. The van der Waals surface area contributed by atoms with Crippen LogP contribution in [0.1, 0.15) is 13.8 Å². The van der Waals surface area contributed by atoms with Crippen molar-refractivity contribution in [3.8, 4) is 0 Å². The first kappa shape index (κ1) is 12.0. The Morgan fingerprint density at radius 2 is 1.64 bits per heavy atom. The van der Waals surface area contributed by atoms with Crippen molar-refractivity contribution in [2.24, 2.45) is 5.92 Å². The van der Waals surface area contributed by atoms with E-state index in [4.69, 9.17) is 0 Å². The molecule has 1 rings (SSSR count). The van der Waals surface area contributed by atoms with Crippen molar-refractivity contribution in [3.63, 3.8) is 0 Å². The van der Waals surface area contributed by atoms with Crippen LogP contribution in [0.2, 0.25) is 0 Å². The van der Waals surface area contributed by atoms with Gasteiger partial charge >= 0.3 is 0 Å². The van der Waals surface area contributed by atoms with Gasteiger partial charge in [-0.15, -0.1) is 0 Å². The van der Waals surface area contributed by atoms with Crippen molar-refractivity contribution in [1.29, 1.82) is 0 Å². The minimum Gasteiger partial charge on any atom is -0.318 e. The van der Waals surface area contributed by atoms with Gasteiger partial charge in [0.15, 0.2) is 0 Å². The Morgan fingerprint density at radius 3 is 2.14 bits per heavy atom. The summed E-state index contributed by atoms with van der Waals surface area (Å²) in [5, 5.41) is 3.20. The summed E-state index contributed by atoms with van der Waals surface area (Å²) in [5.41, 5.74) is 0. The third-order valence-electron chi connectivity index (χ3n) is 2.77. The summed E-state index contributed by atoms with van der Waals surface area (Å²) in [6.45, 7) is 13.2. The van der Waals surface area contributed by atoms with E-state index in [1.165, 1.54) is 39.3 Å². The van der Waals surface area contributed by atoms with Crippen LogP contribution in [0.15, 0.2) is 0 Å². The van der Waals surface area contributed by atoms with Gasteiger partial charge in [0.05, 0.1) is 0 Å². The molecule has 0 atom stereocenters. The molecule has 14 heavy (non-hydrogen) atoms. The molecule has 1 aliphatic rings. The van der Waals surface area contributed by atoms with Crippen LogP contribution in [0.4, 0.5) is 0 Å². The maximum Gasteiger partial charge on any atom is 0.0110 e. The quantitative estimate of drug-likeness (QED) is 0.695. The van der Waals surface area contributed by atoms with Crippen molar-refractivity contribution in [3.05, 3.63) is 0 Å². The van der Waals surface area contributed by atoms with Gasteiger partial charge in [-0.25, -0.2) is 0 Å². The Bertz CT molecular complexity index is 139. The molecule has 1 saturated heterocycles. The molecular weight excluding hydrogens is 174 g/mol. The zero-order chi connectivity index (χ0) is 10.4. The van der Waals surface area contributed by atoms with Crippen LogP contribution in [0, 0.1) is 5.92 Å². The first-order chi connectivity index (χ1) is 6.72. The standard InChI is InChI=1S/C11H25N3/c1-11(2)10-14-8-6-13(7-9-14)5-4-12-3/h11-12H,4-10H2,1-3H3. The number of hydrogen-bond acceptors (Lipinski definition) is 3. The number of hydrogen-bond donors (Lipinski definition) is 1. The highest BCUT2D eigenvalue weighted by atomic mass is 15.3. The van der Waals surface area contributed by atoms with Crippen LogP contribution in [-0.2, 0) is 0 Å². The average molecular weight is 199 g/mol. The maximum absolute atomic E-state index is 3.20. The molecule has 0 amide bonds.